The van der Waals surface area contributed by atoms with Crippen LogP contribution in [0.5, 0.6) is 0 Å². The van der Waals surface area contributed by atoms with Crippen molar-refractivity contribution in [3.05, 3.63) is 51.7 Å². The molecule has 0 saturated heterocycles. The predicted octanol–water partition coefficient (Wildman–Crippen LogP) is 3.12. The minimum Gasteiger partial charge on any atom is -0.298 e. The van der Waals surface area contributed by atoms with Crippen LogP contribution in [-0.2, 0) is 0 Å². The third-order valence-electron chi connectivity index (χ3n) is 2.57. The molecular formula is C13H14N2OS. The summed E-state index contributed by atoms with van der Waals surface area (Å²) in [7, 11) is 0. The van der Waals surface area contributed by atoms with Gasteiger partial charge in [0.05, 0.1) is 10.6 Å². The maximum absolute atomic E-state index is 11.7. The molecular weight excluding hydrogens is 232 g/mol. The predicted molar refractivity (Wildman–Crippen MR) is 71.3 cm³/mol. The summed E-state index contributed by atoms with van der Waals surface area (Å²) < 4.78 is 0. The molecule has 0 spiro atoms. The van der Waals surface area contributed by atoms with Gasteiger partial charge in [-0.2, -0.15) is 0 Å². The zero-order valence-corrected chi connectivity index (χ0v) is 10.6. The fraction of sp³-hybridized carbons (Fsp3) is 0.154. The molecule has 2 aromatic rings. The highest BCUT2D eigenvalue weighted by Crippen LogP contribution is 2.13. The van der Waals surface area contributed by atoms with Crippen molar-refractivity contribution in [3.63, 3.8) is 0 Å². The van der Waals surface area contributed by atoms with Gasteiger partial charge in [-0.15, -0.1) is 11.3 Å². The van der Waals surface area contributed by atoms with E-state index in [1.165, 1.54) is 22.5 Å². The number of carbonyl (C=O) groups is 1. The number of hydrogen-bond donors (Lipinski definition) is 2. The molecule has 0 fully saturated rings. The molecule has 1 aromatic heterocycles. The second-order valence-corrected chi connectivity index (χ2v) is 4.80. The Bertz CT molecular complexity index is 520. The van der Waals surface area contributed by atoms with Gasteiger partial charge >= 0.3 is 0 Å². The Morgan fingerprint density at radius 1 is 1.18 bits per heavy atom. The third kappa shape index (κ3) is 2.85. The molecule has 88 valence electrons. The summed E-state index contributed by atoms with van der Waals surface area (Å²) in [4.78, 5) is 12.4. The number of nitrogens with one attached hydrogen (secondary N) is 2. The number of hydrogen-bond acceptors (Lipinski definition) is 3. The van der Waals surface area contributed by atoms with Crippen LogP contribution in [0.1, 0.15) is 20.8 Å². The van der Waals surface area contributed by atoms with Crippen molar-refractivity contribution in [3.8, 4) is 0 Å². The largest absolute Gasteiger partial charge is 0.298 e. The first-order valence-electron chi connectivity index (χ1n) is 5.34. The molecule has 0 bridgehead atoms. The van der Waals surface area contributed by atoms with E-state index in [0.29, 0.717) is 4.88 Å². The summed E-state index contributed by atoms with van der Waals surface area (Å²) in [5.74, 6) is -0.113. The van der Waals surface area contributed by atoms with E-state index in [1.54, 1.807) is 6.07 Å². The fourth-order valence-electron chi connectivity index (χ4n) is 1.42. The van der Waals surface area contributed by atoms with Crippen LogP contribution in [0.3, 0.4) is 0 Å². The number of amides is 1. The molecule has 0 aliphatic rings. The lowest BCUT2D eigenvalue weighted by Crippen LogP contribution is -2.28. The van der Waals surface area contributed by atoms with Crippen LogP contribution in [-0.4, -0.2) is 5.91 Å². The molecule has 1 aromatic carbocycles. The highest BCUT2D eigenvalue weighted by Gasteiger charge is 2.05. The monoisotopic (exact) mass is 246 g/mol. The Morgan fingerprint density at radius 2 is 2.00 bits per heavy atom. The van der Waals surface area contributed by atoms with E-state index >= 15 is 0 Å². The van der Waals surface area contributed by atoms with E-state index < -0.39 is 0 Å². The van der Waals surface area contributed by atoms with Crippen LogP contribution in [0.2, 0.25) is 0 Å². The summed E-state index contributed by atoms with van der Waals surface area (Å²) in [6.07, 6.45) is 0. The van der Waals surface area contributed by atoms with E-state index in [-0.39, 0.29) is 5.91 Å². The van der Waals surface area contributed by atoms with Crippen molar-refractivity contribution in [2.45, 2.75) is 13.8 Å². The van der Waals surface area contributed by atoms with Crippen molar-refractivity contribution in [2.75, 3.05) is 5.43 Å². The average molecular weight is 246 g/mol. The second kappa shape index (κ2) is 5.01. The SMILES string of the molecule is Cc1ccc(NNC(=O)c2cccs2)cc1C. The van der Waals surface area contributed by atoms with Gasteiger partial charge in [-0.05, 0) is 48.6 Å². The molecule has 3 nitrogen and oxygen atoms in total. The van der Waals surface area contributed by atoms with Gasteiger partial charge < -0.3 is 0 Å². The van der Waals surface area contributed by atoms with Crippen molar-refractivity contribution in [1.82, 2.24) is 5.43 Å². The Kier molecular flexibility index (Phi) is 3.44. The number of benzene rings is 1. The first kappa shape index (κ1) is 11.7. The van der Waals surface area contributed by atoms with Gasteiger partial charge in [0.2, 0.25) is 0 Å². The highest BCUT2D eigenvalue weighted by atomic mass is 32.1. The Balaban J connectivity index is 1.98. The fourth-order valence-corrected chi connectivity index (χ4v) is 2.04. The van der Waals surface area contributed by atoms with Gasteiger partial charge in [0.1, 0.15) is 0 Å². The van der Waals surface area contributed by atoms with E-state index in [4.69, 9.17) is 0 Å². The van der Waals surface area contributed by atoms with Gasteiger partial charge in [-0.1, -0.05) is 12.1 Å². The lowest BCUT2D eigenvalue weighted by atomic mass is 10.1. The van der Waals surface area contributed by atoms with E-state index in [2.05, 4.69) is 17.8 Å². The molecule has 0 saturated carbocycles. The molecule has 2 rings (SSSR count). The maximum Gasteiger partial charge on any atom is 0.279 e. The molecule has 17 heavy (non-hydrogen) atoms. The maximum atomic E-state index is 11.7. The lowest BCUT2D eigenvalue weighted by molar-refractivity contribution is 0.0966. The molecule has 0 atom stereocenters. The van der Waals surface area contributed by atoms with E-state index in [0.717, 1.165) is 5.69 Å². The van der Waals surface area contributed by atoms with E-state index in [1.807, 2.05) is 36.6 Å². The molecule has 1 heterocycles. The zero-order chi connectivity index (χ0) is 12.3. The third-order valence-corrected chi connectivity index (χ3v) is 3.44. The highest BCUT2D eigenvalue weighted by molar-refractivity contribution is 7.12. The molecule has 0 radical (unpaired) electrons. The Labute approximate surface area is 104 Å². The molecule has 0 unspecified atom stereocenters. The van der Waals surface area contributed by atoms with Gasteiger partial charge in [0.25, 0.3) is 5.91 Å². The number of rotatable bonds is 3. The van der Waals surface area contributed by atoms with Gasteiger partial charge in [0, 0.05) is 0 Å². The quantitative estimate of drug-likeness (QED) is 0.817. The zero-order valence-electron chi connectivity index (χ0n) is 9.78. The van der Waals surface area contributed by atoms with Crippen molar-refractivity contribution >= 4 is 22.9 Å². The first-order valence-corrected chi connectivity index (χ1v) is 6.22. The van der Waals surface area contributed by atoms with Crippen LogP contribution in [0.4, 0.5) is 5.69 Å². The van der Waals surface area contributed by atoms with Crippen LogP contribution < -0.4 is 10.9 Å². The minimum absolute atomic E-state index is 0.113. The smallest absolute Gasteiger partial charge is 0.279 e. The Morgan fingerprint density at radius 3 is 2.65 bits per heavy atom. The van der Waals surface area contributed by atoms with Crippen molar-refractivity contribution in [1.29, 1.82) is 0 Å². The first-order chi connectivity index (χ1) is 8.16. The van der Waals surface area contributed by atoms with E-state index in [9.17, 15) is 4.79 Å². The summed E-state index contributed by atoms with van der Waals surface area (Å²) >= 11 is 1.42. The summed E-state index contributed by atoms with van der Waals surface area (Å²) in [5.41, 5.74) is 8.90. The van der Waals surface area contributed by atoms with Crippen LogP contribution in [0.25, 0.3) is 0 Å². The topological polar surface area (TPSA) is 41.1 Å². The summed E-state index contributed by atoms with van der Waals surface area (Å²) in [6, 6.07) is 9.62. The molecule has 2 N–H and O–H groups in total. The normalized spacial score (nSPS) is 10.0. The van der Waals surface area contributed by atoms with Gasteiger partial charge in [-0.25, -0.2) is 0 Å². The number of hydrazine groups is 1. The molecule has 4 heteroatoms. The lowest BCUT2D eigenvalue weighted by Gasteiger charge is -2.09. The van der Waals surface area contributed by atoms with Gasteiger partial charge in [0.15, 0.2) is 0 Å². The van der Waals surface area contributed by atoms with Crippen LogP contribution in [0, 0.1) is 13.8 Å². The minimum atomic E-state index is -0.113. The van der Waals surface area contributed by atoms with Crippen molar-refractivity contribution in [2.24, 2.45) is 0 Å². The standard InChI is InChI=1S/C13H14N2OS/c1-9-5-6-11(8-10(9)2)14-15-13(16)12-4-3-7-17-12/h3-8,14H,1-2H3,(H,15,16). The number of thiophene rings is 1. The van der Waals surface area contributed by atoms with Crippen molar-refractivity contribution < 1.29 is 4.79 Å². The Hall–Kier alpha value is -1.81. The second-order valence-electron chi connectivity index (χ2n) is 3.86. The molecule has 1 amide bonds. The molecule has 0 aliphatic heterocycles. The van der Waals surface area contributed by atoms with Crippen LogP contribution >= 0.6 is 11.3 Å². The van der Waals surface area contributed by atoms with Gasteiger partial charge in [-0.3, -0.25) is 15.6 Å². The van der Waals surface area contributed by atoms with Crippen LogP contribution in [0.15, 0.2) is 35.7 Å². The molecule has 0 aliphatic carbocycles. The summed E-state index contributed by atoms with van der Waals surface area (Å²) in [6.45, 7) is 4.10. The number of anilines is 1. The summed E-state index contributed by atoms with van der Waals surface area (Å²) in [5, 5.41) is 1.88. The number of aryl methyl sites for hydroxylation is 2. The average Bonchev–Trinajstić information content (AvgIpc) is 2.84. The number of carbonyl (C=O) groups excluding carboxylic acids is 1.